The fourth-order valence-corrected chi connectivity index (χ4v) is 2.64. The summed E-state index contributed by atoms with van der Waals surface area (Å²) in [5.41, 5.74) is 1.73. The molecule has 0 aliphatic heterocycles. The summed E-state index contributed by atoms with van der Waals surface area (Å²) in [6, 6.07) is 12.7. The zero-order valence-electron chi connectivity index (χ0n) is 10.5. The average Bonchev–Trinajstić information content (AvgIpc) is 2.39. The smallest absolute Gasteiger partial charge is 0.126 e. The summed E-state index contributed by atoms with van der Waals surface area (Å²) in [5.74, 6) is -0.223. The maximum absolute atomic E-state index is 13.8. The Kier molecular flexibility index (Phi) is 4.97. The van der Waals surface area contributed by atoms with Gasteiger partial charge in [0, 0.05) is 15.5 Å². The topological polar surface area (TPSA) is 12.0 Å². The van der Waals surface area contributed by atoms with E-state index in [0.29, 0.717) is 17.0 Å². The van der Waals surface area contributed by atoms with Crippen molar-refractivity contribution < 1.29 is 4.39 Å². The van der Waals surface area contributed by atoms with E-state index in [0.717, 1.165) is 10.0 Å². The van der Waals surface area contributed by atoms with Gasteiger partial charge in [0.05, 0.1) is 0 Å². The van der Waals surface area contributed by atoms with Gasteiger partial charge in [-0.3, -0.25) is 0 Å². The third kappa shape index (κ3) is 3.78. The van der Waals surface area contributed by atoms with E-state index in [-0.39, 0.29) is 11.9 Å². The Bertz CT molecular complexity index is 574. The summed E-state index contributed by atoms with van der Waals surface area (Å²) in [5, 5.41) is 3.77. The summed E-state index contributed by atoms with van der Waals surface area (Å²) in [7, 11) is 1.87. The second-order valence-corrected chi connectivity index (χ2v) is 5.69. The number of rotatable bonds is 4. The Balaban J connectivity index is 2.26. The number of likely N-dealkylation sites (N-methyl/N-ethyl adjacent to an activating group) is 1. The molecule has 0 aliphatic rings. The lowest BCUT2D eigenvalue weighted by Crippen LogP contribution is -2.19. The van der Waals surface area contributed by atoms with Crippen molar-refractivity contribution in [2.24, 2.45) is 0 Å². The molecule has 0 spiro atoms. The van der Waals surface area contributed by atoms with Crippen molar-refractivity contribution in [1.82, 2.24) is 5.32 Å². The van der Waals surface area contributed by atoms with Crippen LogP contribution in [0.25, 0.3) is 0 Å². The van der Waals surface area contributed by atoms with Crippen LogP contribution in [-0.4, -0.2) is 7.05 Å². The standard InChI is InChI=1S/C15H14BrClFN/c1-19-15(10-3-2-4-12(16)7-10)9-11-8-13(17)5-6-14(11)18/h2-8,15,19H,9H2,1H3. The SMILES string of the molecule is CNC(Cc1cc(Cl)ccc1F)c1cccc(Br)c1. The first-order valence-corrected chi connectivity index (χ1v) is 7.14. The first-order valence-electron chi connectivity index (χ1n) is 5.97. The fraction of sp³-hybridized carbons (Fsp3) is 0.200. The average molecular weight is 343 g/mol. The number of hydrogen-bond donors (Lipinski definition) is 1. The molecule has 0 saturated heterocycles. The molecular weight excluding hydrogens is 329 g/mol. The van der Waals surface area contributed by atoms with E-state index in [9.17, 15) is 4.39 Å². The second kappa shape index (κ2) is 6.51. The molecule has 2 aromatic rings. The molecule has 0 fully saturated rings. The van der Waals surface area contributed by atoms with Gasteiger partial charge >= 0.3 is 0 Å². The van der Waals surface area contributed by atoms with E-state index in [1.165, 1.54) is 6.07 Å². The Labute approximate surface area is 125 Å². The number of hydrogen-bond acceptors (Lipinski definition) is 1. The Morgan fingerprint density at radius 3 is 2.74 bits per heavy atom. The predicted octanol–water partition coefficient (Wildman–Crippen LogP) is 4.74. The molecule has 0 aliphatic carbocycles. The van der Waals surface area contributed by atoms with E-state index < -0.39 is 0 Å². The van der Waals surface area contributed by atoms with Crippen molar-refractivity contribution in [2.75, 3.05) is 7.05 Å². The minimum absolute atomic E-state index is 0.0467. The van der Waals surface area contributed by atoms with Crippen molar-refractivity contribution in [3.63, 3.8) is 0 Å². The molecule has 4 heteroatoms. The van der Waals surface area contributed by atoms with Crippen molar-refractivity contribution >= 4 is 27.5 Å². The first-order chi connectivity index (χ1) is 9.10. The number of benzene rings is 2. The molecule has 2 aromatic carbocycles. The second-order valence-electron chi connectivity index (χ2n) is 4.34. The minimum atomic E-state index is -0.223. The maximum Gasteiger partial charge on any atom is 0.126 e. The maximum atomic E-state index is 13.8. The van der Waals surface area contributed by atoms with Crippen LogP contribution in [0.5, 0.6) is 0 Å². The van der Waals surface area contributed by atoms with Gasteiger partial charge in [0.25, 0.3) is 0 Å². The molecule has 1 N–H and O–H groups in total. The molecule has 19 heavy (non-hydrogen) atoms. The minimum Gasteiger partial charge on any atom is -0.313 e. The Morgan fingerprint density at radius 1 is 1.26 bits per heavy atom. The molecule has 1 unspecified atom stereocenters. The van der Waals surface area contributed by atoms with E-state index in [1.54, 1.807) is 12.1 Å². The van der Waals surface area contributed by atoms with Crippen LogP contribution in [0.1, 0.15) is 17.2 Å². The summed E-state index contributed by atoms with van der Waals surface area (Å²) in [6.07, 6.45) is 0.555. The summed E-state index contributed by atoms with van der Waals surface area (Å²) >= 11 is 9.37. The van der Waals surface area contributed by atoms with Gasteiger partial charge in [-0.05, 0) is 54.9 Å². The van der Waals surface area contributed by atoms with Crippen molar-refractivity contribution in [2.45, 2.75) is 12.5 Å². The monoisotopic (exact) mass is 341 g/mol. The van der Waals surface area contributed by atoms with E-state index in [4.69, 9.17) is 11.6 Å². The lowest BCUT2D eigenvalue weighted by Gasteiger charge is -2.17. The van der Waals surface area contributed by atoms with Gasteiger partial charge in [0.2, 0.25) is 0 Å². The van der Waals surface area contributed by atoms with Crippen molar-refractivity contribution in [1.29, 1.82) is 0 Å². The third-order valence-corrected chi connectivity index (χ3v) is 3.76. The van der Waals surface area contributed by atoms with E-state index in [1.807, 2.05) is 31.3 Å². The summed E-state index contributed by atoms with van der Waals surface area (Å²) in [6.45, 7) is 0. The summed E-state index contributed by atoms with van der Waals surface area (Å²) in [4.78, 5) is 0. The van der Waals surface area contributed by atoms with Crippen LogP contribution in [0.15, 0.2) is 46.9 Å². The lowest BCUT2D eigenvalue weighted by atomic mass is 9.99. The third-order valence-electron chi connectivity index (χ3n) is 3.03. The van der Waals surface area contributed by atoms with Gasteiger partial charge in [-0.25, -0.2) is 4.39 Å². The van der Waals surface area contributed by atoms with Crippen LogP contribution >= 0.6 is 27.5 Å². The van der Waals surface area contributed by atoms with Crippen molar-refractivity contribution in [3.05, 3.63) is 68.9 Å². The number of nitrogens with one attached hydrogen (secondary N) is 1. The Morgan fingerprint density at radius 2 is 2.05 bits per heavy atom. The van der Waals surface area contributed by atoms with Gasteiger partial charge in [-0.15, -0.1) is 0 Å². The molecule has 100 valence electrons. The number of halogens is 3. The summed E-state index contributed by atoms with van der Waals surface area (Å²) < 4.78 is 14.8. The van der Waals surface area contributed by atoms with Gasteiger partial charge in [0.15, 0.2) is 0 Å². The molecule has 1 atom stereocenters. The lowest BCUT2D eigenvalue weighted by molar-refractivity contribution is 0.554. The van der Waals surface area contributed by atoms with Gasteiger partial charge in [-0.1, -0.05) is 39.7 Å². The molecule has 0 saturated carbocycles. The molecule has 0 bridgehead atoms. The van der Waals surface area contributed by atoms with Crippen LogP contribution in [0.4, 0.5) is 4.39 Å². The highest BCUT2D eigenvalue weighted by Crippen LogP contribution is 2.24. The van der Waals surface area contributed by atoms with Crippen molar-refractivity contribution in [3.8, 4) is 0 Å². The molecule has 0 radical (unpaired) electrons. The van der Waals surface area contributed by atoms with Crippen LogP contribution in [0, 0.1) is 5.82 Å². The highest BCUT2D eigenvalue weighted by atomic mass is 79.9. The highest BCUT2D eigenvalue weighted by molar-refractivity contribution is 9.10. The normalized spacial score (nSPS) is 12.4. The Hall–Kier alpha value is -0.900. The molecule has 0 amide bonds. The fourth-order valence-electron chi connectivity index (χ4n) is 2.03. The molecular formula is C15H14BrClFN. The zero-order chi connectivity index (χ0) is 13.8. The van der Waals surface area contributed by atoms with E-state index in [2.05, 4.69) is 21.2 Å². The first kappa shape index (κ1) is 14.5. The molecule has 1 nitrogen and oxygen atoms in total. The predicted molar refractivity (Wildman–Crippen MR) is 81.1 cm³/mol. The van der Waals surface area contributed by atoms with E-state index >= 15 is 0 Å². The quantitative estimate of drug-likeness (QED) is 0.846. The highest BCUT2D eigenvalue weighted by Gasteiger charge is 2.13. The largest absolute Gasteiger partial charge is 0.313 e. The van der Waals surface area contributed by atoms with Crippen LogP contribution in [-0.2, 0) is 6.42 Å². The van der Waals surface area contributed by atoms with Gasteiger partial charge in [0.1, 0.15) is 5.82 Å². The van der Waals surface area contributed by atoms with Gasteiger partial charge in [-0.2, -0.15) is 0 Å². The van der Waals surface area contributed by atoms with Crippen LogP contribution in [0.3, 0.4) is 0 Å². The van der Waals surface area contributed by atoms with Crippen LogP contribution in [0.2, 0.25) is 5.02 Å². The molecule has 0 heterocycles. The van der Waals surface area contributed by atoms with Gasteiger partial charge < -0.3 is 5.32 Å². The van der Waals surface area contributed by atoms with Crippen LogP contribution < -0.4 is 5.32 Å². The zero-order valence-corrected chi connectivity index (χ0v) is 12.8. The molecule has 0 aromatic heterocycles. The molecule has 2 rings (SSSR count).